The number of sulfonamides is 1. The van der Waals surface area contributed by atoms with Crippen molar-refractivity contribution in [3.8, 4) is 0 Å². The number of hydrogen-bond acceptors (Lipinski definition) is 3. The minimum atomic E-state index is -4.38. The fourth-order valence-electron chi connectivity index (χ4n) is 1.63. The van der Waals surface area contributed by atoms with Crippen molar-refractivity contribution < 1.29 is 12.5 Å². The molecule has 0 amide bonds. The summed E-state index contributed by atoms with van der Waals surface area (Å²) in [6.07, 6.45) is -3.05. The molecule has 0 N–H and O–H groups in total. The summed E-state index contributed by atoms with van der Waals surface area (Å²) < 4.78 is 47.7. The SMILES string of the molecule is [2H]C([2H])([2H])S(=O)(=O)N(CN(C)C(C)C(C)(C)C)C(C)(C)C. The van der Waals surface area contributed by atoms with Crippen LogP contribution in [0.5, 0.6) is 0 Å². The van der Waals surface area contributed by atoms with Gasteiger partial charge in [0.2, 0.25) is 10.0 Å². The summed E-state index contributed by atoms with van der Waals surface area (Å²) in [4.78, 5) is 1.87. The summed E-state index contributed by atoms with van der Waals surface area (Å²) >= 11 is 0. The van der Waals surface area contributed by atoms with Crippen LogP contribution in [0.3, 0.4) is 0 Å². The molecule has 110 valence electrons. The molecule has 0 fully saturated rings. The molecule has 0 spiro atoms. The highest BCUT2D eigenvalue weighted by atomic mass is 32.2. The summed E-state index contributed by atoms with van der Waals surface area (Å²) in [5.74, 6) is 0. The predicted molar refractivity (Wildman–Crippen MR) is 78.0 cm³/mol. The lowest BCUT2D eigenvalue weighted by Gasteiger charge is -2.41. The van der Waals surface area contributed by atoms with Gasteiger partial charge in [-0.15, -0.1) is 0 Å². The molecule has 1 unspecified atom stereocenters. The van der Waals surface area contributed by atoms with Gasteiger partial charge < -0.3 is 0 Å². The molecular weight excluding hydrogens is 248 g/mol. The van der Waals surface area contributed by atoms with Crippen LogP contribution in [0.4, 0.5) is 0 Å². The third-order valence-corrected chi connectivity index (χ3v) is 4.55. The average Bonchev–Trinajstić information content (AvgIpc) is 2.19. The van der Waals surface area contributed by atoms with Gasteiger partial charge in [-0.25, -0.2) is 8.42 Å². The molecule has 0 saturated heterocycles. The lowest BCUT2D eigenvalue weighted by Crippen LogP contribution is -2.53. The molecule has 0 saturated carbocycles. The maximum Gasteiger partial charge on any atom is 0.212 e. The van der Waals surface area contributed by atoms with Gasteiger partial charge >= 0.3 is 0 Å². The van der Waals surface area contributed by atoms with Gasteiger partial charge in [-0.05, 0) is 40.2 Å². The Balaban J connectivity index is 5.54. The monoisotopic (exact) mass is 281 g/mol. The Morgan fingerprint density at radius 1 is 1.17 bits per heavy atom. The van der Waals surface area contributed by atoms with E-state index < -0.39 is 21.7 Å². The van der Waals surface area contributed by atoms with Gasteiger partial charge in [-0.3, -0.25) is 4.90 Å². The summed E-state index contributed by atoms with van der Waals surface area (Å²) in [5, 5.41) is 0. The second-order valence-corrected chi connectivity index (χ2v) is 8.36. The largest absolute Gasteiger partial charge is 0.289 e. The van der Waals surface area contributed by atoms with Gasteiger partial charge in [-0.1, -0.05) is 20.8 Å². The Morgan fingerprint density at radius 2 is 1.61 bits per heavy atom. The summed E-state index contributed by atoms with van der Waals surface area (Å²) in [6.45, 7) is 13.3. The lowest BCUT2D eigenvalue weighted by molar-refractivity contribution is 0.0768. The van der Waals surface area contributed by atoms with Crippen LogP contribution in [0.25, 0.3) is 0 Å². The Morgan fingerprint density at radius 3 is 1.89 bits per heavy atom. The van der Waals surface area contributed by atoms with Crippen molar-refractivity contribution in [2.75, 3.05) is 19.9 Å². The fourth-order valence-corrected chi connectivity index (χ4v) is 2.69. The molecule has 0 aliphatic carbocycles. The van der Waals surface area contributed by atoms with Crippen LogP contribution in [0.2, 0.25) is 0 Å². The van der Waals surface area contributed by atoms with Crippen LogP contribution < -0.4 is 0 Å². The summed E-state index contributed by atoms with van der Waals surface area (Å²) in [5.41, 5.74) is -0.846. The fraction of sp³-hybridized carbons (Fsp3) is 1.00. The van der Waals surface area contributed by atoms with Crippen molar-refractivity contribution in [2.45, 2.75) is 60.0 Å². The smallest absolute Gasteiger partial charge is 0.212 e. The molecule has 0 bridgehead atoms. The van der Waals surface area contributed by atoms with Crippen LogP contribution in [0, 0.1) is 5.41 Å². The number of hydrogen-bond donors (Lipinski definition) is 0. The molecule has 0 rings (SSSR count). The van der Waals surface area contributed by atoms with Crippen LogP contribution in [-0.4, -0.2) is 49.1 Å². The van der Waals surface area contributed by atoms with Crippen molar-refractivity contribution in [1.29, 1.82) is 0 Å². The van der Waals surface area contributed by atoms with Crippen LogP contribution >= 0.6 is 0 Å². The molecule has 5 heteroatoms. The van der Waals surface area contributed by atoms with E-state index in [4.69, 9.17) is 4.11 Å². The summed E-state index contributed by atoms with van der Waals surface area (Å²) in [6, 6.07) is 0.0918. The van der Waals surface area contributed by atoms with Crippen molar-refractivity contribution >= 4 is 10.0 Å². The van der Waals surface area contributed by atoms with Gasteiger partial charge in [0.15, 0.2) is 0 Å². The third kappa shape index (κ3) is 5.24. The standard InChI is InChI=1S/C13H30N2O2S/c1-11(12(2,3)4)14(8)10-15(13(5,6)7)18(9,16)17/h11H,10H2,1-9H3/i9D3. The van der Waals surface area contributed by atoms with Gasteiger partial charge in [0.05, 0.1) is 12.9 Å². The molecule has 0 aliphatic rings. The van der Waals surface area contributed by atoms with Gasteiger partial charge in [0, 0.05) is 15.7 Å². The average molecular weight is 281 g/mol. The minimum Gasteiger partial charge on any atom is -0.289 e. The van der Waals surface area contributed by atoms with Gasteiger partial charge in [0.1, 0.15) is 0 Å². The van der Waals surface area contributed by atoms with Crippen LogP contribution in [-0.2, 0) is 10.0 Å². The summed E-state index contributed by atoms with van der Waals surface area (Å²) in [7, 11) is -2.57. The van der Waals surface area contributed by atoms with Crippen molar-refractivity contribution in [2.24, 2.45) is 5.41 Å². The van der Waals surface area contributed by atoms with Crippen LogP contribution in [0.15, 0.2) is 0 Å². The number of nitrogens with zero attached hydrogens (tertiary/aromatic N) is 2. The molecule has 0 heterocycles. The van der Waals surface area contributed by atoms with E-state index in [1.54, 1.807) is 20.8 Å². The Labute approximate surface area is 118 Å². The highest BCUT2D eigenvalue weighted by Gasteiger charge is 2.33. The van der Waals surface area contributed by atoms with E-state index >= 15 is 0 Å². The lowest BCUT2D eigenvalue weighted by atomic mass is 9.87. The number of rotatable bonds is 4. The van der Waals surface area contributed by atoms with Gasteiger partial charge in [-0.2, -0.15) is 4.31 Å². The first kappa shape index (κ1) is 12.9. The zero-order valence-corrected chi connectivity index (χ0v) is 13.7. The van der Waals surface area contributed by atoms with Crippen molar-refractivity contribution in [3.63, 3.8) is 0 Å². The maximum atomic E-state index is 12.3. The van der Waals surface area contributed by atoms with E-state index in [1.807, 2.05) is 18.9 Å². The molecule has 0 radical (unpaired) electrons. The highest BCUT2D eigenvalue weighted by Crippen LogP contribution is 2.25. The van der Waals surface area contributed by atoms with Gasteiger partial charge in [0.25, 0.3) is 0 Å². The van der Waals surface area contributed by atoms with E-state index in [0.717, 1.165) is 4.31 Å². The van der Waals surface area contributed by atoms with E-state index in [2.05, 4.69) is 20.8 Å². The molecule has 4 nitrogen and oxygen atoms in total. The van der Waals surface area contributed by atoms with Crippen LogP contribution in [0.1, 0.15) is 52.6 Å². The quantitative estimate of drug-likeness (QED) is 0.743. The second kappa shape index (κ2) is 5.47. The van der Waals surface area contributed by atoms with Crippen molar-refractivity contribution in [1.82, 2.24) is 9.21 Å². The normalized spacial score (nSPS) is 19.6. The first-order valence-electron chi connectivity index (χ1n) is 7.65. The first-order valence-corrected chi connectivity index (χ1v) is 7.59. The molecule has 0 aromatic rings. The molecule has 18 heavy (non-hydrogen) atoms. The molecule has 1 atom stereocenters. The zero-order chi connectivity index (χ0) is 17.4. The zero-order valence-electron chi connectivity index (χ0n) is 15.9. The maximum absolute atomic E-state index is 12.3. The Bertz CT molecular complexity index is 448. The second-order valence-electron chi connectivity index (χ2n) is 6.96. The molecule has 0 aromatic heterocycles. The molecular formula is C13H30N2O2S. The molecule has 0 aliphatic heterocycles. The Hall–Kier alpha value is -0.130. The topological polar surface area (TPSA) is 40.6 Å². The van der Waals surface area contributed by atoms with E-state index in [-0.39, 0.29) is 18.1 Å². The Kier molecular flexibility index (Phi) is 3.91. The van der Waals surface area contributed by atoms with E-state index in [9.17, 15) is 8.42 Å². The highest BCUT2D eigenvalue weighted by molar-refractivity contribution is 7.88. The van der Waals surface area contributed by atoms with E-state index in [0.29, 0.717) is 0 Å². The molecule has 0 aromatic carbocycles. The predicted octanol–water partition coefficient (Wildman–Crippen LogP) is 2.37. The first-order chi connectivity index (χ1) is 8.92. The van der Waals surface area contributed by atoms with E-state index in [1.165, 1.54) is 0 Å². The third-order valence-electron chi connectivity index (χ3n) is 3.30. The minimum absolute atomic E-state index is 0.0396. The van der Waals surface area contributed by atoms with Crippen molar-refractivity contribution in [3.05, 3.63) is 0 Å².